The van der Waals surface area contributed by atoms with Crippen LogP contribution in [0.2, 0.25) is 0 Å². The molecule has 0 heterocycles. The second-order valence-corrected chi connectivity index (χ2v) is 5.27. The van der Waals surface area contributed by atoms with Gasteiger partial charge in [-0.2, -0.15) is 0 Å². The van der Waals surface area contributed by atoms with Gasteiger partial charge in [0.2, 0.25) is 5.91 Å². The zero-order chi connectivity index (χ0) is 12.4. The number of carbonyl (C=O) groups excluding carboxylic acids is 1. The van der Waals surface area contributed by atoms with Gasteiger partial charge in [-0.1, -0.05) is 30.3 Å². The molecule has 0 aromatic heterocycles. The Morgan fingerprint density at radius 2 is 1.62 bits per heavy atom. The summed E-state index contributed by atoms with van der Waals surface area (Å²) in [6.07, 6.45) is 0. The zero-order valence-electron chi connectivity index (χ0n) is 10.4. The second-order valence-electron chi connectivity index (χ2n) is 5.27. The van der Waals surface area contributed by atoms with Crippen molar-refractivity contribution in [1.29, 1.82) is 0 Å². The number of rotatable bonds is 2. The normalized spacial score (nSPS) is 15.3. The minimum atomic E-state index is -0.992. The summed E-state index contributed by atoms with van der Waals surface area (Å²) in [5.41, 5.74) is 5.63. The lowest BCUT2D eigenvalue weighted by atomic mass is 9.91. The van der Waals surface area contributed by atoms with E-state index in [9.17, 15) is 4.79 Å². The fourth-order valence-corrected chi connectivity index (χ4v) is 1.39. The van der Waals surface area contributed by atoms with E-state index in [4.69, 9.17) is 5.73 Å². The molecule has 1 aromatic rings. The summed E-state index contributed by atoms with van der Waals surface area (Å²) in [6, 6.07) is 9.39. The molecule has 0 aliphatic rings. The highest BCUT2D eigenvalue weighted by atomic mass is 16.2. The van der Waals surface area contributed by atoms with Gasteiger partial charge in [-0.25, -0.2) is 0 Å². The minimum Gasteiger partial charge on any atom is -0.350 e. The number of nitrogens with one attached hydrogen (secondary N) is 1. The standard InChI is InChI=1S/C13H20N2O/c1-12(2,3)15-11(16)13(4,14)10-8-6-5-7-9-10/h5-9H,14H2,1-4H3,(H,15,16). The molecule has 0 fully saturated rings. The first kappa shape index (κ1) is 12.7. The largest absolute Gasteiger partial charge is 0.350 e. The third kappa shape index (κ3) is 3.07. The van der Waals surface area contributed by atoms with Crippen LogP contribution in [0.3, 0.4) is 0 Å². The first-order chi connectivity index (χ1) is 7.23. The molecule has 3 N–H and O–H groups in total. The molecule has 0 radical (unpaired) electrons. The van der Waals surface area contributed by atoms with Crippen molar-refractivity contribution in [3.05, 3.63) is 35.9 Å². The first-order valence-corrected chi connectivity index (χ1v) is 5.40. The average Bonchev–Trinajstić information content (AvgIpc) is 2.16. The van der Waals surface area contributed by atoms with Gasteiger partial charge in [0.25, 0.3) is 0 Å². The fourth-order valence-electron chi connectivity index (χ4n) is 1.39. The average molecular weight is 220 g/mol. The van der Waals surface area contributed by atoms with Gasteiger partial charge in [0.15, 0.2) is 0 Å². The van der Waals surface area contributed by atoms with Crippen molar-refractivity contribution >= 4 is 5.91 Å². The van der Waals surface area contributed by atoms with Crippen LogP contribution in [0.25, 0.3) is 0 Å². The first-order valence-electron chi connectivity index (χ1n) is 5.40. The van der Waals surface area contributed by atoms with Gasteiger partial charge in [0.1, 0.15) is 5.54 Å². The number of nitrogens with two attached hydrogens (primary N) is 1. The van der Waals surface area contributed by atoms with Gasteiger partial charge in [0.05, 0.1) is 0 Å². The third-order valence-corrected chi connectivity index (χ3v) is 2.33. The van der Waals surface area contributed by atoms with Gasteiger partial charge < -0.3 is 11.1 Å². The summed E-state index contributed by atoms with van der Waals surface area (Å²) in [7, 11) is 0. The molecule has 3 heteroatoms. The Labute approximate surface area is 97.0 Å². The van der Waals surface area contributed by atoms with E-state index in [-0.39, 0.29) is 11.4 Å². The van der Waals surface area contributed by atoms with E-state index >= 15 is 0 Å². The van der Waals surface area contributed by atoms with Gasteiger partial charge in [-0.15, -0.1) is 0 Å². The maximum Gasteiger partial charge on any atom is 0.244 e. The highest BCUT2D eigenvalue weighted by Crippen LogP contribution is 2.18. The zero-order valence-corrected chi connectivity index (χ0v) is 10.4. The van der Waals surface area contributed by atoms with Gasteiger partial charge in [0, 0.05) is 5.54 Å². The van der Waals surface area contributed by atoms with Crippen molar-refractivity contribution in [3.63, 3.8) is 0 Å². The topological polar surface area (TPSA) is 55.1 Å². The number of hydrogen-bond acceptors (Lipinski definition) is 2. The second kappa shape index (κ2) is 4.26. The van der Waals surface area contributed by atoms with Crippen molar-refractivity contribution < 1.29 is 4.79 Å². The van der Waals surface area contributed by atoms with Crippen LogP contribution in [0.1, 0.15) is 33.3 Å². The lowest BCUT2D eigenvalue weighted by Gasteiger charge is -2.29. The quantitative estimate of drug-likeness (QED) is 0.798. The van der Waals surface area contributed by atoms with Crippen molar-refractivity contribution in [2.75, 3.05) is 0 Å². The molecule has 1 unspecified atom stereocenters. The summed E-state index contributed by atoms with van der Waals surface area (Å²) in [6.45, 7) is 7.54. The maximum absolute atomic E-state index is 12.0. The molecule has 0 aliphatic carbocycles. The molecule has 88 valence electrons. The number of amides is 1. The predicted octanol–water partition coefficient (Wildman–Crippen LogP) is 1.78. The van der Waals surface area contributed by atoms with Crippen LogP contribution in [-0.4, -0.2) is 11.4 Å². The van der Waals surface area contributed by atoms with Crippen LogP contribution < -0.4 is 11.1 Å². The highest BCUT2D eigenvalue weighted by molar-refractivity contribution is 5.87. The third-order valence-electron chi connectivity index (χ3n) is 2.33. The molecular weight excluding hydrogens is 200 g/mol. The van der Waals surface area contributed by atoms with Crippen molar-refractivity contribution in [2.45, 2.75) is 38.8 Å². The Bertz CT molecular complexity index is 363. The molecule has 1 aromatic carbocycles. The molecule has 0 bridgehead atoms. The summed E-state index contributed by atoms with van der Waals surface area (Å²) in [5, 5.41) is 2.89. The molecule has 0 spiro atoms. The molecule has 1 atom stereocenters. The van der Waals surface area contributed by atoms with E-state index in [2.05, 4.69) is 5.32 Å². The Morgan fingerprint density at radius 1 is 1.12 bits per heavy atom. The summed E-state index contributed by atoms with van der Waals surface area (Å²) in [4.78, 5) is 12.0. The van der Waals surface area contributed by atoms with Crippen molar-refractivity contribution in [1.82, 2.24) is 5.32 Å². The van der Waals surface area contributed by atoms with E-state index in [0.717, 1.165) is 5.56 Å². The Hall–Kier alpha value is -1.35. The van der Waals surface area contributed by atoms with Crippen LogP contribution in [0.4, 0.5) is 0 Å². The van der Waals surface area contributed by atoms with Crippen LogP contribution in [0, 0.1) is 0 Å². The fraction of sp³-hybridized carbons (Fsp3) is 0.462. The Balaban J connectivity index is 2.90. The Kier molecular flexibility index (Phi) is 3.38. The Morgan fingerprint density at radius 3 is 2.06 bits per heavy atom. The lowest BCUT2D eigenvalue weighted by Crippen LogP contribution is -2.54. The SMILES string of the molecule is CC(C)(C)NC(=O)C(C)(N)c1ccccc1. The van der Waals surface area contributed by atoms with Gasteiger partial charge in [-0.05, 0) is 33.3 Å². The van der Waals surface area contributed by atoms with E-state index < -0.39 is 5.54 Å². The van der Waals surface area contributed by atoms with Crippen LogP contribution >= 0.6 is 0 Å². The molecule has 0 saturated carbocycles. The smallest absolute Gasteiger partial charge is 0.244 e. The lowest BCUT2D eigenvalue weighted by molar-refractivity contribution is -0.127. The van der Waals surface area contributed by atoms with E-state index in [0.29, 0.717) is 0 Å². The molecule has 0 saturated heterocycles. The molecule has 1 amide bonds. The molecular formula is C13H20N2O. The van der Waals surface area contributed by atoms with Crippen molar-refractivity contribution in [3.8, 4) is 0 Å². The maximum atomic E-state index is 12.0. The molecule has 1 rings (SSSR count). The van der Waals surface area contributed by atoms with E-state index in [1.807, 2.05) is 51.1 Å². The van der Waals surface area contributed by atoms with Crippen LogP contribution in [-0.2, 0) is 10.3 Å². The van der Waals surface area contributed by atoms with Crippen molar-refractivity contribution in [2.24, 2.45) is 5.73 Å². The molecule has 3 nitrogen and oxygen atoms in total. The van der Waals surface area contributed by atoms with E-state index in [1.54, 1.807) is 6.92 Å². The van der Waals surface area contributed by atoms with Crippen LogP contribution in [0.5, 0.6) is 0 Å². The van der Waals surface area contributed by atoms with Gasteiger partial charge >= 0.3 is 0 Å². The monoisotopic (exact) mass is 220 g/mol. The number of benzene rings is 1. The van der Waals surface area contributed by atoms with Crippen LogP contribution in [0.15, 0.2) is 30.3 Å². The summed E-state index contributed by atoms with van der Waals surface area (Å²) in [5.74, 6) is -0.161. The minimum absolute atomic E-state index is 0.161. The van der Waals surface area contributed by atoms with E-state index in [1.165, 1.54) is 0 Å². The number of carbonyl (C=O) groups is 1. The molecule has 16 heavy (non-hydrogen) atoms. The van der Waals surface area contributed by atoms with Gasteiger partial charge in [-0.3, -0.25) is 4.79 Å². The molecule has 0 aliphatic heterocycles. The highest BCUT2D eigenvalue weighted by Gasteiger charge is 2.32. The summed E-state index contributed by atoms with van der Waals surface area (Å²) < 4.78 is 0. The summed E-state index contributed by atoms with van der Waals surface area (Å²) >= 11 is 0. The number of hydrogen-bond donors (Lipinski definition) is 2. The predicted molar refractivity (Wildman–Crippen MR) is 65.9 cm³/mol.